The van der Waals surface area contributed by atoms with Crippen LogP contribution in [0.15, 0.2) is 59.8 Å². The van der Waals surface area contributed by atoms with Crippen LogP contribution < -0.4 is 0 Å². The molecule has 0 amide bonds. The van der Waals surface area contributed by atoms with Crippen molar-refractivity contribution in [3.63, 3.8) is 0 Å². The monoisotopic (exact) mass is 483 g/mol. The van der Waals surface area contributed by atoms with E-state index in [0.29, 0.717) is 10.9 Å². The van der Waals surface area contributed by atoms with Gasteiger partial charge in [0.25, 0.3) is 0 Å². The molecule has 1 fully saturated rings. The summed E-state index contributed by atoms with van der Waals surface area (Å²) in [5.41, 5.74) is 2.66. The van der Waals surface area contributed by atoms with E-state index in [1.54, 1.807) is 23.9 Å². The quantitative estimate of drug-likeness (QED) is 0.275. The van der Waals surface area contributed by atoms with Gasteiger partial charge in [-0.25, -0.2) is 9.37 Å². The third-order valence-corrected chi connectivity index (χ3v) is 7.01. The van der Waals surface area contributed by atoms with E-state index >= 15 is 0 Å². The Balaban J connectivity index is 1.40. The molecule has 0 unspecified atom stereocenters. The van der Waals surface area contributed by atoms with Gasteiger partial charge in [-0.2, -0.15) is 0 Å². The average molecular weight is 484 g/mol. The predicted molar refractivity (Wildman–Crippen MR) is 129 cm³/mol. The molecule has 0 N–H and O–H groups in total. The van der Waals surface area contributed by atoms with Gasteiger partial charge in [0.1, 0.15) is 11.0 Å². The SMILES string of the molecule is Fc1ccc(-c2nnc(SCc3cc4ccccc4nc3Cl)n2CCN2CCOCC2)cc1. The largest absolute Gasteiger partial charge is 0.379 e. The van der Waals surface area contributed by atoms with Crippen LogP contribution in [0.1, 0.15) is 5.56 Å². The highest BCUT2D eigenvalue weighted by Crippen LogP contribution is 2.30. The number of rotatable bonds is 7. The van der Waals surface area contributed by atoms with E-state index in [-0.39, 0.29) is 5.82 Å². The summed E-state index contributed by atoms with van der Waals surface area (Å²) in [5, 5.41) is 11.3. The van der Waals surface area contributed by atoms with E-state index in [4.69, 9.17) is 16.3 Å². The lowest BCUT2D eigenvalue weighted by molar-refractivity contribution is 0.0361. The van der Waals surface area contributed by atoms with E-state index < -0.39 is 0 Å². The fourth-order valence-corrected chi connectivity index (χ4v) is 5.08. The summed E-state index contributed by atoms with van der Waals surface area (Å²) in [5.74, 6) is 1.08. The van der Waals surface area contributed by atoms with Crippen molar-refractivity contribution in [2.75, 3.05) is 32.8 Å². The zero-order valence-electron chi connectivity index (χ0n) is 18.0. The van der Waals surface area contributed by atoms with Crippen LogP contribution in [0.4, 0.5) is 4.39 Å². The number of aromatic nitrogens is 4. The fourth-order valence-electron chi connectivity index (χ4n) is 3.86. The second kappa shape index (κ2) is 10.2. The summed E-state index contributed by atoms with van der Waals surface area (Å²) >= 11 is 8.04. The van der Waals surface area contributed by atoms with Crippen molar-refractivity contribution in [2.24, 2.45) is 0 Å². The number of fused-ring (bicyclic) bond motifs is 1. The van der Waals surface area contributed by atoms with Crippen LogP contribution in [0.25, 0.3) is 22.3 Å². The Labute approximate surface area is 200 Å². The first-order valence-electron chi connectivity index (χ1n) is 10.8. The number of hydrogen-bond acceptors (Lipinski definition) is 6. The third kappa shape index (κ3) is 5.19. The Hall–Kier alpha value is -2.52. The van der Waals surface area contributed by atoms with Crippen LogP contribution in [0, 0.1) is 5.82 Å². The van der Waals surface area contributed by atoms with Crippen LogP contribution in [-0.4, -0.2) is 57.5 Å². The van der Waals surface area contributed by atoms with Crippen LogP contribution in [0.5, 0.6) is 0 Å². The first-order chi connectivity index (χ1) is 16.2. The van der Waals surface area contributed by atoms with Gasteiger partial charge in [-0.1, -0.05) is 41.6 Å². The van der Waals surface area contributed by atoms with Crippen molar-refractivity contribution >= 4 is 34.3 Å². The van der Waals surface area contributed by atoms with Gasteiger partial charge in [-0.15, -0.1) is 10.2 Å². The summed E-state index contributed by atoms with van der Waals surface area (Å²) in [6.45, 7) is 4.92. The zero-order chi connectivity index (χ0) is 22.6. The number of para-hydroxylation sites is 1. The number of hydrogen-bond donors (Lipinski definition) is 0. The van der Waals surface area contributed by atoms with E-state index in [9.17, 15) is 4.39 Å². The minimum atomic E-state index is -0.272. The van der Waals surface area contributed by atoms with Crippen molar-refractivity contribution in [1.29, 1.82) is 0 Å². The van der Waals surface area contributed by atoms with Crippen LogP contribution >= 0.6 is 23.4 Å². The van der Waals surface area contributed by atoms with Gasteiger partial charge in [0.05, 0.1) is 18.7 Å². The molecular formula is C24H23ClFN5OS. The molecule has 170 valence electrons. The van der Waals surface area contributed by atoms with E-state index in [0.717, 1.165) is 72.4 Å². The second-order valence-corrected chi connectivity index (χ2v) is 9.14. The molecule has 3 heterocycles. The molecule has 4 aromatic rings. The van der Waals surface area contributed by atoms with Crippen molar-refractivity contribution in [1.82, 2.24) is 24.6 Å². The number of pyridine rings is 1. The lowest BCUT2D eigenvalue weighted by Crippen LogP contribution is -2.38. The molecule has 0 atom stereocenters. The zero-order valence-corrected chi connectivity index (χ0v) is 19.5. The molecule has 0 bridgehead atoms. The van der Waals surface area contributed by atoms with Gasteiger partial charge in [0.15, 0.2) is 11.0 Å². The first-order valence-corrected chi connectivity index (χ1v) is 12.2. The number of halogens is 2. The van der Waals surface area contributed by atoms with E-state index in [1.165, 1.54) is 12.1 Å². The predicted octanol–water partition coefficient (Wildman–Crippen LogP) is 4.91. The van der Waals surface area contributed by atoms with Crippen LogP contribution in [0.2, 0.25) is 5.15 Å². The van der Waals surface area contributed by atoms with Crippen molar-refractivity contribution in [3.05, 3.63) is 71.1 Å². The molecule has 2 aromatic carbocycles. The van der Waals surface area contributed by atoms with Crippen LogP contribution in [0.3, 0.4) is 0 Å². The molecular weight excluding hydrogens is 461 g/mol. The molecule has 2 aromatic heterocycles. The maximum atomic E-state index is 13.5. The number of morpholine rings is 1. The summed E-state index contributed by atoms with van der Waals surface area (Å²) in [4.78, 5) is 6.90. The Morgan fingerprint density at radius 2 is 1.79 bits per heavy atom. The lowest BCUT2D eigenvalue weighted by atomic mass is 10.2. The molecule has 0 saturated carbocycles. The fraction of sp³-hybridized carbons (Fsp3) is 0.292. The van der Waals surface area contributed by atoms with E-state index in [2.05, 4.69) is 30.7 Å². The summed E-state index contributed by atoms with van der Waals surface area (Å²) in [6, 6.07) is 16.4. The molecule has 1 aliphatic rings. The highest BCUT2D eigenvalue weighted by molar-refractivity contribution is 7.98. The third-order valence-electron chi connectivity index (χ3n) is 5.67. The maximum absolute atomic E-state index is 13.5. The molecule has 6 nitrogen and oxygen atoms in total. The second-order valence-electron chi connectivity index (χ2n) is 7.84. The molecule has 0 spiro atoms. The van der Waals surface area contributed by atoms with Crippen molar-refractivity contribution in [3.8, 4) is 11.4 Å². The summed E-state index contributed by atoms with van der Waals surface area (Å²) in [7, 11) is 0. The average Bonchev–Trinajstić information content (AvgIpc) is 3.25. The molecule has 1 saturated heterocycles. The highest BCUT2D eigenvalue weighted by Gasteiger charge is 2.18. The number of nitrogens with zero attached hydrogens (tertiary/aromatic N) is 5. The first kappa shape index (κ1) is 22.3. The Kier molecular flexibility index (Phi) is 6.87. The van der Waals surface area contributed by atoms with Crippen molar-refractivity contribution in [2.45, 2.75) is 17.5 Å². The van der Waals surface area contributed by atoms with Crippen molar-refractivity contribution < 1.29 is 9.13 Å². The number of ether oxygens (including phenoxy) is 1. The van der Waals surface area contributed by atoms with Gasteiger partial charge >= 0.3 is 0 Å². The molecule has 0 aliphatic carbocycles. The Bertz CT molecular complexity index is 1240. The molecule has 1 aliphatic heterocycles. The minimum absolute atomic E-state index is 0.272. The minimum Gasteiger partial charge on any atom is -0.379 e. The van der Waals surface area contributed by atoms with Gasteiger partial charge in [-0.3, -0.25) is 4.90 Å². The summed E-state index contributed by atoms with van der Waals surface area (Å²) < 4.78 is 21.0. The Morgan fingerprint density at radius 3 is 2.61 bits per heavy atom. The molecule has 0 radical (unpaired) electrons. The molecule has 33 heavy (non-hydrogen) atoms. The molecule has 9 heteroatoms. The smallest absolute Gasteiger partial charge is 0.191 e. The normalized spacial score (nSPS) is 14.7. The van der Waals surface area contributed by atoms with E-state index in [1.807, 2.05) is 24.3 Å². The van der Waals surface area contributed by atoms with Gasteiger partial charge in [-0.05, 0) is 36.4 Å². The number of benzene rings is 2. The van der Waals surface area contributed by atoms with Gasteiger partial charge in [0, 0.05) is 48.4 Å². The molecule has 5 rings (SSSR count). The standard InChI is InChI=1S/C24H23ClFN5OS/c25-22-19(15-18-3-1-2-4-21(18)27-22)16-33-24-29-28-23(17-5-7-20(26)8-6-17)31(24)10-9-30-11-13-32-14-12-30/h1-8,15H,9-14,16H2. The highest BCUT2D eigenvalue weighted by atomic mass is 35.5. The topological polar surface area (TPSA) is 56.1 Å². The maximum Gasteiger partial charge on any atom is 0.191 e. The Morgan fingerprint density at radius 1 is 1.00 bits per heavy atom. The number of thioether (sulfide) groups is 1. The van der Waals surface area contributed by atoms with Crippen LogP contribution in [-0.2, 0) is 17.0 Å². The lowest BCUT2D eigenvalue weighted by Gasteiger charge is -2.27. The summed E-state index contributed by atoms with van der Waals surface area (Å²) in [6.07, 6.45) is 0. The van der Waals surface area contributed by atoms with Gasteiger partial charge < -0.3 is 9.30 Å². The van der Waals surface area contributed by atoms with Gasteiger partial charge in [0.2, 0.25) is 0 Å².